The monoisotopic (exact) mass is 284 g/mol. The van der Waals surface area contributed by atoms with E-state index in [0.29, 0.717) is 28.2 Å². The van der Waals surface area contributed by atoms with Gasteiger partial charge in [-0.25, -0.2) is 0 Å². The van der Waals surface area contributed by atoms with Gasteiger partial charge in [0.2, 0.25) is 0 Å². The van der Waals surface area contributed by atoms with Crippen molar-refractivity contribution < 1.29 is 19.1 Å². The molecule has 0 aliphatic carbocycles. The first-order valence-electron chi connectivity index (χ1n) is 6.42. The van der Waals surface area contributed by atoms with E-state index in [1.54, 1.807) is 36.4 Å². The second-order valence-electron chi connectivity index (χ2n) is 4.62. The Balaban J connectivity index is 2.51. The molecule has 0 fully saturated rings. The number of hydrogen-bond acceptors (Lipinski definition) is 4. The highest BCUT2D eigenvalue weighted by atomic mass is 16.5. The fraction of sp³-hybridized carbons (Fsp3) is 0.176. The molecule has 0 amide bonds. The Kier molecular flexibility index (Phi) is 4.38. The Hall–Kier alpha value is -2.62. The zero-order valence-electron chi connectivity index (χ0n) is 12.2. The number of methoxy groups -OCH3 is 2. The summed E-state index contributed by atoms with van der Waals surface area (Å²) >= 11 is 0. The molecule has 0 aliphatic heterocycles. The van der Waals surface area contributed by atoms with Crippen LogP contribution in [0, 0.1) is 6.92 Å². The maximum atomic E-state index is 12.6. The van der Waals surface area contributed by atoms with Crippen molar-refractivity contribution in [2.45, 2.75) is 6.92 Å². The number of rotatable bonds is 5. The van der Waals surface area contributed by atoms with Crippen molar-refractivity contribution in [2.24, 2.45) is 0 Å². The van der Waals surface area contributed by atoms with Gasteiger partial charge in [-0.3, -0.25) is 9.59 Å². The molecule has 21 heavy (non-hydrogen) atoms. The van der Waals surface area contributed by atoms with Crippen molar-refractivity contribution in [3.05, 3.63) is 58.7 Å². The van der Waals surface area contributed by atoms with Crippen LogP contribution in [0.15, 0.2) is 36.4 Å². The molecular formula is C17H16O4. The number of aryl methyl sites for hydroxylation is 1. The fourth-order valence-corrected chi connectivity index (χ4v) is 2.05. The van der Waals surface area contributed by atoms with Crippen molar-refractivity contribution in [1.82, 2.24) is 0 Å². The minimum absolute atomic E-state index is 0.173. The summed E-state index contributed by atoms with van der Waals surface area (Å²) in [5.74, 6) is 0.914. The lowest BCUT2D eigenvalue weighted by molar-refractivity contribution is 0.103. The van der Waals surface area contributed by atoms with Crippen LogP contribution < -0.4 is 9.47 Å². The normalized spacial score (nSPS) is 10.0. The van der Waals surface area contributed by atoms with Gasteiger partial charge in [0, 0.05) is 22.8 Å². The lowest BCUT2D eigenvalue weighted by Gasteiger charge is -2.09. The number of benzene rings is 2. The van der Waals surface area contributed by atoms with Gasteiger partial charge in [-0.05, 0) is 30.7 Å². The van der Waals surface area contributed by atoms with E-state index >= 15 is 0 Å². The smallest absolute Gasteiger partial charge is 0.193 e. The van der Waals surface area contributed by atoms with Gasteiger partial charge in [0.25, 0.3) is 0 Å². The first kappa shape index (κ1) is 14.8. The third kappa shape index (κ3) is 3.11. The first-order valence-corrected chi connectivity index (χ1v) is 6.42. The molecule has 4 nitrogen and oxygen atoms in total. The zero-order valence-corrected chi connectivity index (χ0v) is 12.2. The maximum Gasteiger partial charge on any atom is 0.193 e. The van der Waals surface area contributed by atoms with Crippen LogP contribution in [0.4, 0.5) is 0 Å². The van der Waals surface area contributed by atoms with E-state index in [4.69, 9.17) is 9.47 Å². The van der Waals surface area contributed by atoms with Crippen LogP contribution in [0.25, 0.3) is 0 Å². The predicted molar refractivity (Wildman–Crippen MR) is 79.5 cm³/mol. The minimum atomic E-state index is -0.173. The second kappa shape index (κ2) is 6.22. The van der Waals surface area contributed by atoms with Crippen molar-refractivity contribution in [2.75, 3.05) is 14.2 Å². The summed E-state index contributed by atoms with van der Waals surface area (Å²) in [6.45, 7) is 1.83. The average molecular weight is 284 g/mol. The number of ketones is 1. The molecule has 0 atom stereocenters. The van der Waals surface area contributed by atoms with Gasteiger partial charge >= 0.3 is 0 Å². The summed E-state index contributed by atoms with van der Waals surface area (Å²) < 4.78 is 10.3. The number of aldehydes is 1. The molecule has 0 heterocycles. The molecule has 2 rings (SSSR count). The highest BCUT2D eigenvalue weighted by Crippen LogP contribution is 2.25. The quantitative estimate of drug-likeness (QED) is 0.625. The summed E-state index contributed by atoms with van der Waals surface area (Å²) in [4.78, 5) is 23.5. The second-order valence-corrected chi connectivity index (χ2v) is 4.62. The molecule has 0 spiro atoms. The van der Waals surface area contributed by atoms with E-state index in [2.05, 4.69) is 0 Å². The van der Waals surface area contributed by atoms with Crippen molar-refractivity contribution in [3.63, 3.8) is 0 Å². The predicted octanol–water partition coefficient (Wildman–Crippen LogP) is 3.06. The average Bonchev–Trinajstić information content (AvgIpc) is 2.54. The summed E-state index contributed by atoms with van der Waals surface area (Å²) in [5, 5.41) is 0. The molecule has 0 aliphatic rings. The topological polar surface area (TPSA) is 52.6 Å². The van der Waals surface area contributed by atoms with Crippen molar-refractivity contribution in [3.8, 4) is 11.5 Å². The van der Waals surface area contributed by atoms with Gasteiger partial charge in [0.15, 0.2) is 5.78 Å². The highest BCUT2D eigenvalue weighted by Gasteiger charge is 2.15. The van der Waals surface area contributed by atoms with Crippen LogP contribution >= 0.6 is 0 Å². The third-order valence-electron chi connectivity index (χ3n) is 3.26. The summed E-state index contributed by atoms with van der Waals surface area (Å²) in [7, 11) is 3.06. The van der Waals surface area contributed by atoms with E-state index in [1.165, 1.54) is 14.2 Å². The molecule has 2 aromatic rings. The lowest BCUT2D eigenvalue weighted by Crippen LogP contribution is -2.05. The Morgan fingerprint density at radius 1 is 1.00 bits per heavy atom. The number of carbonyl (C=O) groups excluding carboxylic acids is 2. The summed E-state index contributed by atoms with van der Waals surface area (Å²) in [5.41, 5.74) is 2.23. The molecule has 2 aromatic carbocycles. The zero-order chi connectivity index (χ0) is 15.4. The van der Waals surface area contributed by atoms with Crippen LogP contribution in [-0.2, 0) is 0 Å². The number of hydrogen-bond donors (Lipinski definition) is 0. The van der Waals surface area contributed by atoms with E-state index < -0.39 is 0 Å². The van der Waals surface area contributed by atoms with Gasteiger partial charge in [-0.2, -0.15) is 0 Å². The number of carbonyl (C=O) groups is 2. The lowest BCUT2D eigenvalue weighted by atomic mass is 9.97. The Morgan fingerprint density at radius 3 is 2.14 bits per heavy atom. The highest BCUT2D eigenvalue weighted by molar-refractivity contribution is 6.10. The minimum Gasteiger partial charge on any atom is -0.497 e. The molecule has 0 saturated carbocycles. The molecule has 108 valence electrons. The molecule has 0 unspecified atom stereocenters. The van der Waals surface area contributed by atoms with Crippen LogP contribution in [-0.4, -0.2) is 26.3 Å². The van der Waals surface area contributed by atoms with Gasteiger partial charge in [0.1, 0.15) is 17.8 Å². The molecule has 0 bridgehead atoms. The van der Waals surface area contributed by atoms with Crippen LogP contribution in [0.3, 0.4) is 0 Å². The van der Waals surface area contributed by atoms with E-state index in [-0.39, 0.29) is 5.78 Å². The van der Waals surface area contributed by atoms with E-state index in [0.717, 1.165) is 11.8 Å². The van der Waals surface area contributed by atoms with Crippen molar-refractivity contribution in [1.29, 1.82) is 0 Å². The van der Waals surface area contributed by atoms with E-state index in [9.17, 15) is 9.59 Å². The molecule has 4 heteroatoms. The molecule has 0 radical (unpaired) electrons. The van der Waals surface area contributed by atoms with E-state index in [1.807, 2.05) is 6.92 Å². The van der Waals surface area contributed by atoms with Crippen LogP contribution in [0.5, 0.6) is 11.5 Å². The SMILES string of the molecule is COc1cc(OC)cc(C(=O)c2cc(C=O)ccc2C)c1. The Morgan fingerprint density at radius 2 is 1.62 bits per heavy atom. The fourth-order valence-electron chi connectivity index (χ4n) is 2.05. The molecule has 0 aromatic heterocycles. The Labute approximate surface area is 123 Å². The molecule has 0 N–H and O–H groups in total. The van der Waals surface area contributed by atoms with Crippen molar-refractivity contribution >= 4 is 12.1 Å². The number of ether oxygens (including phenoxy) is 2. The van der Waals surface area contributed by atoms with Gasteiger partial charge in [-0.1, -0.05) is 12.1 Å². The third-order valence-corrected chi connectivity index (χ3v) is 3.26. The first-order chi connectivity index (χ1) is 10.1. The standard InChI is InChI=1S/C17H16O4/c1-11-4-5-12(10-18)6-16(11)17(19)13-7-14(20-2)9-15(8-13)21-3/h4-10H,1-3H3. The summed E-state index contributed by atoms with van der Waals surface area (Å²) in [6.07, 6.45) is 0.725. The van der Waals surface area contributed by atoms with Gasteiger partial charge in [-0.15, -0.1) is 0 Å². The summed E-state index contributed by atoms with van der Waals surface area (Å²) in [6, 6.07) is 10.0. The van der Waals surface area contributed by atoms with Crippen LogP contribution in [0.2, 0.25) is 0 Å². The maximum absolute atomic E-state index is 12.6. The van der Waals surface area contributed by atoms with Gasteiger partial charge < -0.3 is 9.47 Å². The molecule has 0 saturated heterocycles. The Bertz CT molecular complexity index is 667. The van der Waals surface area contributed by atoms with Crippen LogP contribution in [0.1, 0.15) is 31.8 Å². The largest absolute Gasteiger partial charge is 0.497 e. The molecular weight excluding hydrogens is 268 g/mol. The van der Waals surface area contributed by atoms with Gasteiger partial charge in [0.05, 0.1) is 14.2 Å².